The van der Waals surface area contributed by atoms with E-state index < -0.39 is 22.2 Å². The van der Waals surface area contributed by atoms with E-state index in [1.807, 2.05) is 0 Å². The van der Waals surface area contributed by atoms with Crippen LogP contribution in [0, 0.1) is 0 Å². The summed E-state index contributed by atoms with van der Waals surface area (Å²) in [6.45, 7) is 0. The highest BCUT2D eigenvalue weighted by Gasteiger charge is 2.49. The Morgan fingerprint density at radius 1 is 1.39 bits per heavy atom. The summed E-state index contributed by atoms with van der Waals surface area (Å²) in [5.41, 5.74) is 0.744. The van der Waals surface area contributed by atoms with Crippen LogP contribution in [0.3, 0.4) is 0 Å². The van der Waals surface area contributed by atoms with Crippen molar-refractivity contribution in [2.24, 2.45) is 0 Å². The van der Waals surface area contributed by atoms with Crippen molar-refractivity contribution in [1.29, 1.82) is 0 Å². The van der Waals surface area contributed by atoms with Crippen molar-refractivity contribution in [3.05, 3.63) is 29.8 Å². The van der Waals surface area contributed by atoms with E-state index in [0.29, 0.717) is 0 Å². The number of aliphatic carboxylic acids is 1. The third-order valence-electron chi connectivity index (χ3n) is 2.54. The molecule has 0 saturated carbocycles. The molecule has 98 valence electrons. The summed E-state index contributed by atoms with van der Waals surface area (Å²) in [5, 5.41) is 9.05. The van der Waals surface area contributed by atoms with E-state index in [2.05, 4.69) is 4.18 Å². The van der Waals surface area contributed by atoms with Crippen LogP contribution in [-0.2, 0) is 25.8 Å². The second-order valence-corrected chi connectivity index (χ2v) is 4.80. The van der Waals surface area contributed by atoms with Gasteiger partial charge in [0.1, 0.15) is 5.75 Å². The molecule has 1 heterocycles. The number of fused-ring (bicyclic) bond motifs is 1. The van der Waals surface area contributed by atoms with Crippen LogP contribution in [0.25, 0.3) is 0 Å². The van der Waals surface area contributed by atoms with E-state index in [4.69, 9.17) is 14.4 Å². The Labute approximate surface area is 103 Å². The van der Waals surface area contributed by atoms with E-state index in [1.54, 1.807) is 18.2 Å². The predicted octanol–water partition coefficient (Wildman–Crippen LogP) is 0.612. The standard InChI is InChI=1S/C10H10O7S/c11-9(12)10(17-18(13,14)15)6-5-7-3-1-2-4-8(7)16-10/h1-4H,5-6H2,(H,11,12)(H,13,14,15). The Morgan fingerprint density at radius 3 is 2.67 bits per heavy atom. The predicted molar refractivity (Wildman–Crippen MR) is 58.4 cm³/mol. The molecule has 1 aromatic rings. The average Bonchev–Trinajstić information content (AvgIpc) is 2.26. The summed E-state index contributed by atoms with van der Waals surface area (Å²) in [5.74, 6) is -3.81. The molecule has 2 rings (SSSR count). The molecule has 18 heavy (non-hydrogen) atoms. The zero-order chi connectivity index (χ0) is 13.4. The van der Waals surface area contributed by atoms with Crippen LogP contribution in [0.15, 0.2) is 24.3 Å². The fourth-order valence-electron chi connectivity index (χ4n) is 1.75. The Bertz CT molecular complexity index is 580. The lowest BCUT2D eigenvalue weighted by atomic mass is 10.00. The molecule has 0 spiro atoms. The highest BCUT2D eigenvalue weighted by atomic mass is 32.3. The quantitative estimate of drug-likeness (QED) is 0.777. The van der Waals surface area contributed by atoms with Gasteiger partial charge in [-0.2, -0.15) is 12.6 Å². The first-order valence-electron chi connectivity index (χ1n) is 5.01. The molecule has 1 unspecified atom stereocenters. The fourth-order valence-corrected chi connectivity index (χ4v) is 2.28. The molecule has 0 bridgehead atoms. The lowest BCUT2D eigenvalue weighted by Gasteiger charge is -2.32. The van der Waals surface area contributed by atoms with Gasteiger partial charge in [-0.05, 0) is 18.1 Å². The summed E-state index contributed by atoms with van der Waals surface area (Å²) in [4.78, 5) is 11.1. The number of rotatable bonds is 3. The van der Waals surface area contributed by atoms with Gasteiger partial charge >= 0.3 is 22.2 Å². The summed E-state index contributed by atoms with van der Waals surface area (Å²) < 4.78 is 39.3. The van der Waals surface area contributed by atoms with E-state index in [0.717, 1.165) is 5.56 Å². The zero-order valence-corrected chi connectivity index (χ0v) is 9.88. The monoisotopic (exact) mass is 274 g/mol. The molecular formula is C10H10O7S. The van der Waals surface area contributed by atoms with Crippen LogP contribution in [0.2, 0.25) is 0 Å². The van der Waals surface area contributed by atoms with Gasteiger partial charge in [0.2, 0.25) is 0 Å². The van der Waals surface area contributed by atoms with Gasteiger partial charge in [0.25, 0.3) is 0 Å². The minimum absolute atomic E-state index is 0.217. The maximum atomic E-state index is 11.1. The Morgan fingerprint density at radius 2 is 2.06 bits per heavy atom. The zero-order valence-electron chi connectivity index (χ0n) is 9.07. The fraction of sp³-hybridized carbons (Fsp3) is 0.300. The first-order chi connectivity index (χ1) is 8.32. The third kappa shape index (κ3) is 2.45. The second kappa shape index (κ2) is 4.23. The van der Waals surface area contributed by atoms with Crippen LogP contribution in [0.5, 0.6) is 5.75 Å². The number of carboxylic acid groups (broad SMARTS) is 1. The SMILES string of the molecule is O=C(O)C1(OS(=O)(=O)O)CCc2ccccc2O1. The number of aryl methyl sites for hydroxylation is 1. The van der Waals surface area contributed by atoms with Crippen molar-refractivity contribution in [1.82, 2.24) is 0 Å². The average molecular weight is 274 g/mol. The molecule has 0 aliphatic carbocycles. The molecule has 0 fully saturated rings. The van der Waals surface area contributed by atoms with Crippen molar-refractivity contribution < 1.29 is 31.8 Å². The molecule has 1 atom stereocenters. The minimum Gasteiger partial charge on any atom is -0.476 e. The van der Waals surface area contributed by atoms with E-state index in [1.165, 1.54) is 6.07 Å². The van der Waals surface area contributed by atoms with Crippen molar-refractivity contribution >= 4 is 16.4 Å². The number of ether oxygens (including phenoxy) is 1. The van der Waals surface area contributed by atoms with Crippen LogP contribution in [0.1, 0.15) is 12.0 Å². The summed E-state index contributed by atoms with van der Waals surface area (Å²) in [7, 11) is -4.94. The number of carbonyl (C=O) groups is 1. The highest BCUT2D eigenvalue weighted by molar-refractivity contribution is 7.81. The Kier molecular flexibility index (Phi) is 3.01. The van der Waals surface area contributed by atoms with E-state index in [9.17, 15) is 13.2 Å². The van der Waals surface area contributed by atoms with Crippen molar-refractivity contribution in [2.75, 3.05) is 0 Å². The van der Waals surface area contributed by atoms with Crippen LogP contribution < -0.4 is 4.74 Å². The normalized spacial score (nSPS) is 22.9. The maximum absolute atomic E-state index is 11.1. The van der Waals surface area contributed by atoms with Gasteiger partial charge in [-0.25, -0.2) is 4.79 Å². The van der Waals surface area contributed by atoms with Crippen LogP contribution in [0.4, 0.5) is 0 Å². The molecule has 1 aromatic carbocycles. The second-order valence-electron chi connectivity index (χ2n) is 3.78. The Hall–Kier alpha value is -1.64. The van der Waals surface area contributed by atoms with Crippen molar-refractivity contribution in [3.8, 4) is 5.75 Å². The van der Waals surface area contributed by atoms with Gasteiger partial charge in [-0.3, -0.25) is 4.55 Å². The number of hydrogen-bond donors (Lipinski definition) is 2. The van der Waals surface area contributed by atoms with Gasteiger partial charge in [0.05, 0.1) is 0 Å². The topological polar surface area (TPSA) is 110 Å². The molecule has 0 saturated heterocycles. The molecule has 0 aromatic heterocycles. The van der Waals surface area contributed by atoms with Gasteiger partial charge in [-0.15, -0.1) is 0 Å². The van der Waals surface area contributed by atoms with Gasteiger partial charge < -0.3 is 9.84 Å². The summed E-state index contributed by atoms with van der Waals surface area (Å²) in [6.07, 6.45) is 0.0388. The van der Waals surface area contributed by atoms with Crippen LogP contribution in [-0.4, -0.2) is 29.8 Å². The molecule has 1 aliphatic rings. The number of para-hydroxylation sites is 1. The largest absolute Gasteiger partial charge is 0.476 e. The molecule has 7 nitrogen and oxygen atoms in total. The first-order valence-corrected chi connectivity index (χ1v) is 6.37. The highest BCUT2D eigenvalue weighted by Crippen LogP contribution is 2.34. The van der Waals surface area contributed by atoms with E-state index >= 15 is 0 Å². The van der Waals surface area contributed by atoms with Crippen LogP contribution >= 0.6 is 0 Å². The molecule has 0 radical (unpaired) electrons. The number of carboxylic acids is 1. The third-order valence-corrected chi connectivity index (χ3v) is 3.02. The van der Waals surface area contributed by atoms with Crippen molar-refractivity contribution in [3.63, 3.8) is 0 Å². The lowest BCUT2D eigenvalue weighted by molar-refractivity contribution is -0.190. The van der Waals surface area contributed by atoms with Gasteiger partial charge in [0.15, 0.2) is 0 Å². The molecule has 2 N–H and O–H groups in total. The van der Waals surface area contributed by atoms with Crippen molar-refractivity contribution in [2.45, 2.75) is 18.6 Å². The smallest absolute Gasteiger partial charge is 0.401 e. The maximum Gasteiger partial charge on any atom is 0.401 e. The first kappa shape index (κ1) is 12.8. The minimum atomic E-state index is -4.94. The summed E-state index contributed by atoms with van der Waals surface area (Å²) in [6, 6.07) is 6.60. The van der Waals surface area contributed by atoms with Gasteiger partial charge in [-0.1, -0.05) is 18.2 Å². The molecule has 0 amide bonds. The molecule has 8 heteroatoms. The van der Waals surface area contributed by atoms with E-state index in [-0.39, 0.29) is 18.6 Å². The number of benzene rings is 1. The summed E-state index contributed by atoms with van der Waals surface area (Å²) >= 11 is 0. The Balaban J connectivity index is 2.39. The van der Waals surface area contributed by atoms with Gasteiger partial charge in [0, 0.05) is 6.42 Å². The molecule has 1 aliphatic heterocycles. The number of hydrogen-bond acceptors (Lipinski definition) is 5. The lowest BCUT2D eigenvalue weighted by Crippen LogP contribution is -2.50. The molecular weight excluding hydrogens is 264 g/mol.